The zero-order chi connectivity index (χ0) is 19.6. The third kappa shape index (κ3) is 4.17. The fourth-order valence-corrected chi connectivity index (χ4v) is 4.48. The molecule has 27 heavy (non-hydrogen) atoms. The van der Waals surface area contributed by atoms with Gasteiger partial charge in [-0.15, -0.1) is 0 Å². The molecule has 0 atom stereocenters. The predicted octanol–water partition coefficient (Wildman–Crippen LogP) is 1.93. The molecule has 2 aromatic carbocycles. The fourth-order valence-electron chi connectivity index (χ4n) is 2.76. The van der Waals surface area contributed by atoms with Crippen LogP contribution < -0.4 is 5.73 Å². The zero-order valence-corrected chi connectivity index (χ0v) is 15.6. The summed E-state index contributed by atoms with van der Waals surface area (Å²) in [5.74, 6) is -1.13. The molecule has 1 aliphatic carbocycles. The summed E-state index contributed by atoms with van der Waals surface area (Å²) in [7, 11) is -2.55. The summed E-state index contributed by atoms with van der Waals surface area (Å²) in [6.07, 6.45) is 1.57. The molecule has 0 aromatic heterocycles. The third-order valence-electron chi connectivity index (χ3n) is 4.39. The molecule has 0 unspecified atom stereocenters. The number of amides is 1. The van der Waals surface area contributed by atoms with Crippen LogP contribution >= 0.6 is 0 Å². The minimum absolute atomic E-state index is 0.0473. The van der Waals surface area contributed by atoms with Gasteiger partial charge in [0, 0.05) is 18.2 Å². The number of nitrogens with zero attached hydrogens (tertiary/aromatic N) is 1. The average Bonchev–Trinajstić information content (AvgIpc) is 3.50. The topological polar surface area (TPSA) is 107 Å². The second kappa shape index (κ2) is 7.50. The normalized spacial score (nSPS) is 14.1. The number of hydrogen-bond donors (Lipinski definition) is 1. The van der Waals surface area contributed by atoms with Crippen molar-refractivity contribution in [1.29, 1.82) is 0 Å². The molecular formula is C19H20N2O5S. The number of methoxy groups -OCH3 is 1. The lowest BCUT2D eigenvalue weighted by Crippen LogP contribution is -2.32. The second-order valence-corrected chi connectivity index (χ2v) is 8.25. The molecule has 2 aromatic rings. The van der Waals surface area contributed by atoms with E-state index in [4.69, 9.17) is 5.73 Å². The van der Waals surface area contributed by atoms with Crippen molar-refractivity contribution in [3.63, 3.8) is 0 Å². The lowest BCUT2D eigenvalue weighted by molar-refractivity contribution is 0.0600. The Morgan fingerprint density at radius 3 is 2.33 bits per heavy atom. The van der Waals surface area contributed by atoms with Gasteiger partial charge in [-0.25, -0.2) is 13.2 Å². The summed E-state index contributed by atoms with van der Waals surface area (Å²) in [5.41, 5.74) is 6.53. The number of esters is 1. The minimum atomic E-state index is -3.79. The fraction of sp³-hybridized carbons (Fsp3) is 0.263. The van der Waals surface area contributed by atoms with E-state index in [1.807, 2.05) is 0 Å². The molecule has 7 nitrogen and oxygen atoms in total. The molecular weight excluding hydrogens is 368 g/mol. The molecule has 1 saturated carbocycles. The molecule has 0 saturated heterocycles. The van der Waals surface area contributed by atoms with Gasteiger partial charge < -0.3 is 10.5 Å². The molecule has 3 rings (SSSR count). The van der Waals surface area contributed by atoms with Gasteiger partial charge in [-0.2, -0.15) is 4.31 Å². The van der Waals surface area contributed by atoms with Crippen LogP contribution in [0.15, 0.2) is 53.4 Å². The van der Waals surface area contributed by atoms with Crippen LogP contribution in [0.2, 0.25) is 0 Å². The number of benzene rings is 2. The molecule has 1 aliphatic rings. The molecule has 0 bridgehead atoms. The summed E-state index contributed by atoms with van der Waals surface area (Å²) < 4.78 is 32.4. The van der Waals surface area contributed by atoms with Gasteiger partial charge in [0.05, 0.1) is 17.6 Å². The molecule has 0 radical (unpaired) electrons. The number of carbonyl (C=O) groups is 2. The van der Waals surface area contributed by atoms with E-state index in [1.54, 1.807) is 24.3 Å². The van der Waals surface area contributed by atoms with Gasteiger partial charge in [0.1, 0.15) is 0 Å². The monoisotopic (exact) mass is 388 g/mol. The number of primary amides is 1. The number of carbonyl (C=O) groups excluding carboxylic acids is 2. The molecule has 1 fully saturated rings. The van der Waals surface area contributed by atoms with Crippen molar-refractivity contribution in [2.45, 2.75) is 30.3 Å². The van der Waals surface area contributed by atoms with Gasteiger partial charge in [0.15, 0.2) is 0 Å². The Morgan fingerprint density at radius 1 is 1.11 bits per heavy atom. The van der Waals surface area contributed by atoms with E-state index in [9.17, 15) is 18.0 Å². The number of nitrogens with two attached hydrogens (primary N) is 1. The summed E-state index contributed by atoms with van der Waals surface area (Å²) in [4.78, 5) is 23.0. The Labute approximate surface area is 157 Å². The van der Waals surface area contributed by atoms with Crippen molar-refractivity contribution < 1.29 is 22.7 Å². The first-order chi connectivity index (χ1) is 12.8. The number of rotatable bonds is 7. The van der Waals surface area contributed by atoms with E-state index >= 15 is 0 Å². The van der Waals surface area contributed by atoms with Crippen LogP contribution in [0.4, 0.5) is 0 Å². The van der Waals surface area contributed by atoms with E-state index in [0.29, 0.717) is 5.56 Å². The van der Waals surface area contributed by atoms with E-state index in [1.165, 1.54) is 35.7 Å². The van der Waals surface area contributed by atoms with Crippen LogP contribution in [-0.4, -0.2) is 37.8 Å². The van der Waals surface area contributed by atoms with E-state index in [2.05, 4.69) is 4.74 Å². The van der Waals surface area contributed by atoms with Crippen LogP contribution in [0.5, 0.6) is 0 Å². The summed E-state index contributed by atoms with van der Waals surface area (Å²) in [6.45, 7) is 0.175. The Balaban J connectivity index is 1.90. The largest absolute Gasteiger partial charge is 0.465 e. The molecule has 0 heterocycles. The molecule has 142 valence electrons. The van der Waals surface area contributed by atoms with Crippen molar-refractivity contribution in [2.75, 3.05) is 7.11 Å². The first kappa shape index (κ1) is 19.1. The molecule has 0 aliphatic heterocycles. The highest BCUT2D eigenvalue weighted by Gasteiger charge is 2.38. The van der Waals surface area contributed by atoms with Crippen molar-refractivity contribution in [3.05, 3.63) is 65.2 Å². The maximum atomic E-state index is 13.2. The Hall–Kier alpha value is -2.71. The van der Waals surface area contributed by atoms with Gasteiger partial charge in [-0.1, -0.05) is 18.2 Å². The van der Waals surface area contributed by atoms with Gasteiger partial charge in [-0.05, 0) is 48.7 Å². The van der Waals surface area contributed by atoms with E-state index in [0.717, 1.165) is 18.4 Å². The van der Waals surface area contributed by atoms with E-state index in [-0.39, 0.29) is 23.0 Å². The standard InChI is InChI=1S/C19H20N2O5S/c1-26-19(23)15-3-2-4-17(11-15)27(24,25)21(16-9-10-16)12-13-5-7-14(8-6-13)18(20)22/h2-8,11,16H,9-10,12H2,1H3,(H2,20,22). The smallest absolute Gasteiger partial charge is 0.337 e. The Bertz CT molecular complexity index is 966. The summed E-state index contributed by atoms with van der Waals surface area (Å²) in [5, 5.41) is 0. The minimum Gasteiger partial charge on any atom is -0.465 e. The number of sulfonamides is 1. The lowest BCUT2D eigenvalue weighted by Gasteiger charge is -2.22. The highest BCUT2D eigenvalue weighted by molar-refractivity contribution is 7.89. The van der Waals surface area contributed by atoms with Crippen LogP contribution in [0.3, 0.4) is 0 Å². The summed E-state index contributed by atoms with van der Waals surface area (Å²) in [6, 6.07) is 12.3. The second-order valence-electron chi connectivity index (χ2n) is 6.36. The van der Waals surface area contributed by atoms with Gasteiger partial charge in [0.2, 0.25) is 15.9 Å². The number of ether oxygens (including phenoxy) is 1. The van der Waals surface area contributed by atoms with Crippen LogP contribution in [0.1, 0.15) is 39.1 Å². The highest BCUT2D eigenvalue weighted by atomic mass is 32.2. The Kier molecular flexibility index (Phi) is 5.29. The first-order valence-electron chi connectivity index (χ1n) is 8.42. The molecule has 0 spiro atoms. The van der Waals surface area contributed by atoms with Crippen LogP contribution in [-0.2, 0) is 21.3 Å². The van der Waals surface area contributed by atoms with Gasteiger partial charge in [-0.3, -0.25) is 4.79 Å². The van der Waals surface area contributed by atoms with Gasteiger partial charge in [0.25, 0.3) is 0 Å². The number of hydrogen-bond acceptors (Lipinski definition) is 5. The molecule has 2 N–H and O–H groups in total. The summed E-state index contributed by atoms with van der Waals surface area (Å²) >= 11 is 0. The average molecular weight is 388 g/mol. The first-order valence-corrected chi connectivity index (χ1v) is 9.86. The highest BCUT2D eigenvalue weighted by Crippen LogP contribution is 2.33. The maximum absolute atomic E-state index is 13.2. The molecule has 1 amide bonds. The van der Waals surface area contributed by atoms with Crippen molar-refractivity contribution in [1.82, 2.24) is 4.31 Å². The van der Waals surface area contributed by atoms with Crippen molar-refractivity contribution in [3.8, 4) is 0 Å². The van der Waals surface area contributed by atoms with Crippen molar-refractivity contribution >= 4 is 21.9 Å². The lowest BCUT2D eigenvalue weighted by atomic mass is 10.1. The SMILES string of the molecule is COC(=O)c1cccc(S(=O)(=O)N(Cc2ccc(C(N)=O)cc2)C2CC2)c1. The van der Waals surface area contributed by atoms with Crippen LogP contribution in [0.25, 0.3) is 0 Å². The van der Waals surface area contributed by atoms with E-state index < -0.39 is 21.9 Å². The van der Waals surface area contributed by atoms with Crippen molar-refractivity contribution in [2.24, 2.45) is 5.73 Å². The molecule has 8 heteroatoms. The Morgan fingerprint density at radius 2 is 1.78 bits per heavy atom. The van der Waals surface area contributed by atoms with Gasteiger partial charge >= 0.3 is 5.97 Å². The van der Waals surface area contributed by atoms with Crippen LogP contribution in [0, 0.1) is 0 Å². The zero-order valence-electron chi connectivity index (χ0n) is 14.8. The predicted molar refractivity (Wildman–Crippen MR) is 98.5 cm³/mol. The maximum Gasteiger partial charge on any atom is 0.337 e. The third-order valence-corrected chi connectivity index (χ3v) is 6.29. The quantitative estimate of drug-likeness (QED) is 0.730.